The molecule has 0 N–H and O–H groups in total. The highest BCUT2D eigenvalue weighted by Crippen LogP contribution is 1.84. The van der Waals surface area contributed by atoms with Gasteiger partial charge in [0.25, 0.3) is 0 Å². The summed E-state index contributed by atoms with van der Waals surface area (Å²) in [6.45, 7) is 5.60. The van der Waals surface area contributed by atoms with Crippen molar-refractivity contribution in [3.05, 3.63) is 34.5 Å². The first-order valence-corrected chi connectivity index (χ1v) is 3.15. The van der Waals surface area contributed by atoms with Gasteiger partial charge >= 0.3 is 0 Å². The van der Waals surface area contributed by atoms with E-state index in [1.807, 2.05) is 13.0 Å². The molecule has 0 aliphatic carbocycles. The average molecular weight is 136 g/mol. The first-order chi connectivity index (χ1) is 4.74. The van der Waals surface area contributed by atoms with E-state index in [1.54, 1.807) is 6.07 Å². The summed E-state index contributed by atoms with van der Waals surface area (Å²) in [7, 11) is 0. The van der Waals surface area contributed by atoms with Crippen molar-refractivity contribution in [2.24, 2.45) is 0 Å². The summed E-state index contributed by atoms with van der Waals surface area (Å²) < 4.78 is 12.5. The lowest BCUT2D eigenvalue weighted by atomic mass is 10.2. The van der Waals surface area contributed by atoms with E-state index < -0.39 is 0 Å². The van der Waals surface area contributed by atoms with Gasteiger partial charge in [0.2, 0.25) is 0 Å². The van der Waals surface area contributed by atoms with E-state index in [4.69, 9.17) is 0 Å². The standard InChI is InChI=1S/C9H9F/c1-3-8-6-9(10)5-4-7(8)2/h3-6H,2H2,1H3. The van der Waals surface area contributed by atoms with Gasteiger partial charge in [-0.2, -0.15) is 0 Å². The summed E-state index contributed by atoms with van der Waals surface area (Å²) >= 11 is 0. The molecule has 0 saturated heterocycles. The fourth-order valence-electron chi connectivity index (χ4n) is 0.835. The second-order valence-electron chi connectivity index (χ2n) is 2.13. The van der Waals surface area contributed by atoms with Crippen LogP contribution in [0.4, 0.5) is 4.39 Å². The van der Waals surface area contributed by atoms with Crippen LogP contribution in [0.15, 0.2) is 18.2 Å². The molecule has 1 aromatic rings. The van der Waals surface area contributed by atoms with E-state index in [-0.39, 0.29) is 5.82 Å². The van der Waals surface area contributed by atoms with Crippen LogP contribution in [0.3, 0.4) is 0 Å². The molecule has 0 unspecified atom stereocenters. The molecular formula is C9H9F. The molecule has 1 heteroatoms. The first-order valence-electron chi connectivity index (χ1n) is 3.15. The molecule has 0 aromatic heterocycles. The quantitative estimate of drug-likeness (QED) is 0.500. The van der Waals surface area contributed by atoms with Gasteiger partial charge in [0.15, 0.2) is 0 Å². The lowest BCUT2D eigenvalue weighted by molar-refractivity contribution is 0.626. The predicted octanol–water partition coefficient (Wildman–Crippen LogP) is 1.04. The lowest BCUT2D eigenvalue weighted by Gasteiger charge is -1.87. The summed E-state index contributed by atoms with van der Waals surface area (Å²) in [5.41, 5.74) is 0. The van der Waals surface area contributed by atoms with Crippen molar-refractivity contribution in [3.8, 4) is 0 Å². The van der Waals surface area contributed by atoms with E-state index >= 15 is 0 Å². The minimum Gasteiger partial charge on any atom is -0.207 e. The molecule has 0 bridgehead atoms. The predicted molar refractivity (Wildman–Crippen MR) is 41.3 cm³/mol. The smallest absolute Gasteiger partial charge is 0.123 e. The molecule has 0 radical (unpaired) electrons. The Morgan fingerprint density at radius 3 is 2.70 bits per heavy atom. The third-order valence-corrected chi connectivity index (χ3v) is 1.42. The van der Waals surface area contributed by atoms with Crippen molar-refractivity contribution in [1.82, 2.24) is 0 Å². The molecule has 0 atom stereocenters. The highest BCUT2D eigenvalue weighted by atomic mass is 19.1. The summed E-state index contributed by atoms with van der Waals surface area (Å²) in [5, 5.41) is 1.73. The molecule has 0 heterocycles. The zero-order valence-electron chi connectivity index (χ0n) is 5.89. The van der Waals surface area contributed by atoms with Crippen LogP contribution < -0.4 is 10.4 Å². The van der Waals surface area contributed by atoms with Crippen LogP contribution in [-0.2, 0) is 0 Å². The third kappa shape index (κ3) is 1.24. The molecule has 0 amide bonds. The van der Waals surface area contributed by atoms with E-state index in [9.17, 15) is 4.39 Å². The van der Waals surface area contributed by atoms with Gasteiger partial charge in [-0.1, -0.05) is 18.7 Å². The van der Waals surface area contributed by atoms with Crippen LogP contribution in [0.25, 0.3) is 12.7 Å². The topological polar surface area (TPSA) is 0 Å². The number of rotatable bonds is 0. The van der Waals surface area contributed by atoms with Crippen LogP contribution in [-0.4, -0.2) is 0 Å². The molecular weight excluding hydrogens is 127 g/mol. The van der Waals surface area contributed by atoms with Gasteiger partial charge in [-0.25, -0.2) is 4.39 Å². The SMILES string of the molecule is C=c1ccc(F)cc1=CC. The maximum Gasteiger partial charge on any atom is 0.123 e. The zero-order valence-corrected chi connectivity index (χ0v) is 5.89. The Labute approximate surface area is 59.3 Å². The second kappa shape index (κ2) is 2.65. The summed E-state index contributed by atoms with van der Waals surface area (Å²) in [4.78, 5) is 0. The van der Waals surface area contributed by atoms with Crippen molar-refractivity contribution < 1.29 is 4.39 Å². The molecule has 0 nitrogen and oxygen atoms in total. The van der Waals surface area contributed by atoms with Crippen molar-refractivity contribution in [2.45, 2.75) is 6.92 Å². The number of hydrogen-bond acceptors (Lipinski definition) is 0. The van der Waals surface area contributed by atoms with Gasteiger partial charge in [0.05, 0.1) is 0 Å². The van der Waals surface area contributed by atoms with Crippen molar-refractivity contribution in [3.63, 3.8) is 0 Å². The largest absolute Gasteiger partial charge is 0.207 e. The number of halogens is 1. The van der Waals surface area contributed by atoms with Crippen LogP contribution >= 0.6 is 0 Å². The lowest BCUT2D eigenvalue weighted by Crippen LogP contribution is -2.22. The van der Waals surface area contributed by atoms with Crippen molar-refractivity contribution in [2.75, 3.05) is 0 Å². The summed E-state index contributed by atoms with van der Waals surface area (Å²) in [5.74, 6) is -0.208. The molecule has 10 heavy (non-hydrogen) atoms. The molecule has 0 aliphatic heterocycles. The summed E-state index contributed by atoms with van der Waals surface area (Å²) in [6.07, 6.45) is 1.84. The average Bonchev–Trinajstić information content (AvgIpc) is 1.94. The van der Waals surface area contributed by atoms with E-state index in [0.717, 1.165) is 10.4 Å². The molecule has 1 aromatic carbocycles. The minimum absolute atomic E-state index is 0.208. The number of benzene rings is 1. The maximum absolute atomic E-state index is 12.5. The summed E-state index contributed by atoms with van der Waals surface area (Å²) in [6, 6.07) is 4.56. The van der Waals surface area contributed by atoms with Crippen molar-refractivity contribution >= 4 is 12.7 Å². The van der Waals surface area contributed by atoms with Gasteiger partial charge < -0.3 is 0 Å². The molecule has 0 fully saturated rings. The molecule has 0 spiro atoms. The highest BCUT2D eigenvalue weighted by Gasteiger charge is 1.85. The third-order valence-electron chi connectivity index (χ3n) is 1.42. The Balaban J connectivity index is 3.53. The Morgan fingerprint density at radius 1 is 1.50 bits per heavy atom. The minimum atomic E-state index is -0.208. The van der Waals surface area contributed by atoms with Crippen LogP contribution in [0.5, 0.6) is 0 Å². The number of hydrogen-bond donors (Lipinski definition) is 0. The zero-order chi connectivity index (χ0) is 7.56. The van der Waals surface area contributed by atoms with E-state index in [0.29, 0.717) is 0 Å². The Hall–Kier alpha value is -1.11. The van der Waals surface area contributed by atoms with Crippen molar-refractivity contribution in [1.29, 1.82) is 0 Å². The molecule has 52 valence electrons. The Morgan fingerprint density at radius 2 is 2.20 bits per heavy atom. The van der Waals surface area contributed by atoms with Gasteiger partial charge in [-0.05, 0) is 29.5 Å². The Kier molecular flexibility index (Phi) is 1.86. The maximum atomic E-state index is 12.5. The van der Waals surface area contributed by atoms with Crippen LogP contribution in [0.1, 0.15) is 6.92 Å². The van der Waals surface area contributed by atoms with Gasteiger partial charge in [0.1, 0.15) is 5.82 Å². The highest BCUT2D eigenvalue weighted by molar-refractivity contribution is 5.24. The van der Waals surface area contributed by atoms with Gasteiger partial charge in [0, 0.05) is 0 Å². The second-order valence-corrected chi connectivity index (χ2v) is 2.13. The van der Waals surface area contributed by atoms with E-state index in [2.05, 4.69) is 6.58 Å². The molecule has 0 aliphatic rings. The Bertz CT molecular complexity index is 325. The fourth-order valence-corrected chi connectivity index (χ4v) is 0.835. The van der Waals surface area contributed by atoms with Gasteiger partial charge in [-0.3, -0.25) is 0 Å². The van der Waals surface area contributed by atoms with E-state index in [1.165, 1.54) is 12.1 Å². The molecule has 1 rings (SSSR count). The normalized spacial score (nSPS) is 12.0. The molecule has 0 saturated carbocycles. The van der Waals surface area contributed by atoms with Gasteiger partial charge in [-0.15, -0.1) is 0 Å². The monoisotopic (exact) mass is 136 g/mol. The fraction of sp³-hybridized carbons (Fsp3) is 0.111. The first kappa shape index (κ1) is 7.00. The van der Waals surface area contributed by atoms with Crippen LogP contribution in [0.2, 0.25) is 0 Å². The van der Waals surface area contributed by atoms with Crippen LogP contribution in [0, 0.1) is 5.82 Å².